The highest BCUT2D eigenvalue weighted by Crippen LogP contribution is 2.28. The van der Waals surface area contributed by atoms with Gasteiger partial charge in [-0.1, -0.05) is 57.7 Å². The van der Waals surface area contributed by atoms with E-state index in [4.69, 9.17) is 4.74 Å². The predicted octanol–water partition coefficient (Wildman–Crippen LogP) is 5.49. The highest BCUT2D eigenvalue weighted by Gasteiger charge is 2.36. The van der Waals surface area contributed by atoms with Crippen LogP contribution in [0.4, 0.5) is 4.79 Å². The van der Waals surface area contributed by atoms with Crippen molar-refractivity contribution in [3.63, 3.8) is 0 Å². The van der Waals surface area contributed by atoms with Crippen molar-refractivity contribution >= 4 is 30.5 Å². The van der Waals surface area contributed by atoms with Crippen molar-refractivity contribution in [2.45, 2.75) is 105 Å². The Labute approximate surface area is 223 Å². The monoisotopic (exact) mass is 521 g/mol. The summed E-state index contributed by atoms with van der Waals surface area (Å²) in [5.41, 5.74) is 2.12. The molecule has 1 aromatic carbocycles. The summed E-state index contributed by atoms with van der Waals surface area (Å²) in [7, 11) is 0. The molecule has 0 aliphatic heterocycles. The third-order valence-corrected chi connectivity index (χ3v) is 6.40. The Hall–Kier alpha value is -2.22. The zero-order valence-corrected chi connectivity index (χ0v) is 24.2. The van der Waals surface area contributed by atoms with Gasteiger partial charge in [0.25, 0.3) is 0 Å². The average Bonchev–Trinajstić information content (AvgIpc) is 2.80. The molecule has 36 heavy (non-hydrogen) atoms. The number of alkyl carbamates (subject to hydrolysis) is 1. The quantitative estimate of drug-likeness (QED) is 0.223. The Morgan fingerprint density at radius 2 is 1.67 bits per heavy atom. The first-order chi connectivity index (χ1) is 17.0. The molecule has 0 heterocycles. The third-order valence-electron chi connectivity index (χ3n) is 6.04. The summed E-state index contributed by atoms with van der Waals surface area (Å²) in [5.74, 6) is -0.471. The van der Waals surface area contributed by atoms with Gasteiger partial charge in [-0.3, -0.25) is 9.59 Å². The van der Waals surface area contributed by atoms with Crippen LogP contribution in [0.25, 0.3) is 0 Å². The van der Waals surface area contributed by atoms with E-state index in [1.54, 1.807) is 25.7 Å². The van der Waals surface area contributed by atoms with Crippen molar-refractivity contribution in [1.82, 2.24) is 15.5 Å². The second-order valence-corrected chi connectivity index (χ2v) is 10.7. The fraction of sp³-hybridized carbons (Fsp3) is 0.679. The maximum absolute atomic E-state index is 13.9. The van der Waals surface area contributed by atoms with E-state index in [1.165, 1.54) is 0 Å². The summed E-state index contributed by atoms with van der Waals surface area (Å²) in [5, 5.41) is 5.72. The number of nitrogens with zero attached hydrogens (tertiary/aromatic N) is 1. The third kappa shape index (κ3) is 10.4. The number of amides is 3. The van der Waals surface area contributed by atoms with Crippen LogP contribution in [0.15, 0.2) is 18.2 Å². The molecule has 0 aliphatic rings. The minimum absolute atomic E-state index is 0.0833. The summed E-state index contributed by atoms with van der Waals surface area (Å²) in [6.07, 6.45) is 4.92. The molecule has 1 aromatic rings. The van der Waals surface area contributed by atoms with Crippen LogP contribution in [-0.4, -0.2) is 53.3 Å². The number of rotatable bonds is 14. The van der Waals surface area contributed by atoms with E-state index >= 15 is 0 Å². The minimum Gasteiger partial charge on any atom is -0.444 e. The van der Waals surface area contributed by atoms with Crippen LogP contribution in [0.1, 0.15) is 95.9 Å². The van der Waals surface area contributed by atoms with Crippen molar-refractivity contribution < 1.29 is 19.1 Å². The second-order valence-electron chi connectivity index (χ2n) is 10.3. The van der Waals surface area contributed by atoms with Crippen molar-refractivity contribution in [2.75, 3.05) is 18.8 Å². The Bertz CT molecular complexity index is 854. The van der Waals surface area contributed by atoms with E-state index in [1.807, 2.05) is 32.0 Å². The topological polar surface area (TPSA) is 87.7 Å². The van der Waals surface area contributed by atoms with Crippen LogP contribution in [0, 0.1) is 13.8 Å². The molecule has 0 aromatic heterocycles. The van der Waals surface area contributed by atoms with Gasteiger partial charge in [0.2, 0.25) is 11.8 Å². The van der Waals surface area contributed by atoms with Gasteiger partial charge in [0, 0.05) is 18.8 Å². The molecule has 0 fully saturated rings. The number of hydrogen-bond donors (Lipinski definition) is 3. The van der Waals surface area contributed by atoms with Crippen molar-refractivity contribution in [2.24, 2.45) is 0 Å². The number of carbonyl (C=O) groups is 3. The van der Waals surface area contributed by atoms with E-state index in [0.717, 1.165) is 55.2 Å². The summed E-state index contributed by atoms with van der Waals surface area (Å²) in [6.45, 7) is 14.4. The fourth-order valence-corrected chi connectivity index (χ4v) is 4.19. The molecule has 0 bridgehead atoms. The molecule has 7 nitrogen and oxygen atoms in total. The van der Waals surface area contributed by atoms with Crippen LogP contribution in [-0.2, 0) is 14.3 Å². The van der Waals surface area contributed by atoms with E-state index in [0.29, 0.717) is 13.1 Å². The molecule has 0 saturated carbocycles. The molecular formula is C28H47N3O4S. The SMILES string of the molecule is CCCCCNC(=O)C(c1cccc(C)c1C)N(CCCCC)C(=O)C(CS)NC(=O)OC(C)(C)C. The van der Waals surface area contributed by atoms with Crippen LogP contribution >= 0.6 is 12.6 Å². The molecule has 2 N–H and O–H groups in total. The summed E-state index contributed by atoms with van der Waals surface area (Å²) in [4.78, 5) is 41.6. The Morgan fingerprint density at radius 3 is 2.25 bits per heavy atom. The van der Waals surface area contributed by atoms with Crippen LogP contribution < -0.4 is 10.6 Å². The fourth-order valence-electron chi connectivity index (χ4n) is 3.94. The van der Waals surface area contributed by atoms with Crippen LogP contribution in [0.2, 0.25) is 0 Å². The smallest absolute Gasteiger partial charge is 0.408 e. The van der Waals surface area contributed by atoms with Gasteiger partial charge in [-0.15, -0.1) is 0 Å². The predicted molar refractivity (Wildman–Crippen MR) is 149 cm³/mol. The average molecular weight is 522 g/mol. The van der Waals surface area contributed by atoms with Gasteiger partial charge in [-0.2, -0.15) is 12.6 Å². The molecule has 0 spiro atoms. The zero-order chi connectivity index (χ0) is 27.3. The number of benzene rings is 1. The van der Waals surface area contributed by atoms with Crippen molar-refractivity contribution in [1.29, 1.82) is 0 Å². The highest BCUT2D eigenvalue weighted by atomic mass is 32.1. The largest absolute Gasteiger partial charge is 0.444 e. The molecule has 2 atom stereocenters. The number of hydrogen-bond acceptors (Lipinski definition) is 5. The molecule has 1 rings (SSSR count). The Balaban J connectivity index is 3.40. The lowest BCUT2D eigenvalue weighted by Crippen LogP contribution is -2.54. The molecule has 2 unspecified atom stereocenters. The molecular weight excluding hydrogens is 474 g/mol. The first-order valence-corrected chi connectivity index (χ1v) is 13.8. The number of carbonyl (C=O) groups excluding carboxylic acids is 3. The molecule has 0 aliphatic carbocycles. The summed E-state index contributed by atoms with van der Waals surface area (Å²) >= 11 is 4.35. The van der Waals surface area contributed by atoms with E-state index in [2.05, 4.69) is 37.1 Å². The number of thiol groups is 1. The molecule has 3 amide bonds. The number of ether oxygens (including phenoxy) is 1. The molecule has 204 valence electrons. The maximum Gasteiger partial charge on any atom is 0.408 e. The van der Waals surface area contributed by atoms with E-state index in [9.17, 15) is 14.4 Å². The van der Waals surface area contributed by atoms with E-state index < -0.39 is 23.8 Å². The van der Waals surface area contributed by atoms with Gasteiger partial charge in [0.15, 0.2) is 0 Å². The lowest BCUT2D eigenvalue weighted by molar-refractivity contribution is -0.142. The van der Waals surface area contributed by atoms with Crippen molar-refractivity contribution in [3.8, 4) is 0 Å². The Kier molecular flexibility index (Phi) is 14.0. The van der Waals surface area contributed by atoms with Gasteiger partial charge in [0.1, 0.15) is 17.7 Å². The number of aryl methyl sites for hydroxylation is 1. The molecule has 8 heteroatoms. The minimum atomic E-state index is -0.926. The van der Waals surface area contributed by atoms with Gasteiger partial charge >= 0.3 is 6.09 Å². The first kappa shape index (κ1) is 31.8. The van der Waals surface area contributed by atoms with E-state index in [-0.39, 0.29) is 17.6 Å². The number of unbranched alkanes of at least 4 members (excludes halogenated alkanes) is 4. The lowest BCUT2D eigenvalue weighted by atomic mass is 9.94. The van der Waals surface area contributed by atoms with Gasteiger partial charge in [-0.05, 0) is 64.2 Å². The molecule has 0 radical (unpaired) electrons. The summed E-state index contributed by atoms with van der Waals surface area (Å²) < 4.78 is 5.37. The normalized spacial score (nSPS) is 13.0. The second kappa shape index (κ2) is 15.8. The maximum atomic E-state index is 13.9. The lowest BCUT2D eigenvalue weighted by Gasteiger charge is -2.35. The van der Waals surface area contributed by atoms with Gasteiger partial charge in [0.05, 0.1) is 0 Å². The van der Waals surface area contributed by atoms with Gasteiger partial charge < -0.3 is 20.3 Å². The standard InChI is InChI=1S/C28H47N3O4S/c1-8-10-12-17-29-25(32)24(22-16-14-15-20(3)21(22)4)31(18-13-11-9-2)26(33)23(19-36)30-27(34)35-28(5,6)7/h14-16,23-24,36H,8-13,17-19H2,1-7H3,(H,29,32)(H,30,34). The van der Waals surface area contributed by atoms with Crippen LogP contribution in [0.3, 0.4) is 0 Å². The summed E-state index contributed by atoms with van der Waals surface area (Å²) in [6, 6.07) is 4.09. The van der Waals surface area contributed by atoms with Gasteiger partial charge in [-0.25, -0.2) is 4.79 Å². The first-order valence-electron chi connectivity index (χ1n) is 13.2. The molecule has 0 saturated heterocycles. The Morgan fingerprint density at radius 1 is 1.03 bits per heavy atom. The zero-order valence-electron chi connectivity index (χ0n) is 23.3. The van der Waals surface area contributed by atoms with Crippen LogP contribution in [0.5, 0.6) is 0 Å². The number of nitrogens with one attached hydrogen (secondary N) is 2. The highest BCUT2D eigenvalue weighted by molar-refractivity contribution is 7.80. The van der Waals surface area contributed by atoms with Crippen molar-refractivity contribution in [3.05, 3.63) is 34.9 Å².